The number of aromatic nitrogens is 4. The van der Waals surface area contributed by atoms with Gasteiger partial charge in [0.05, 0.1) is 11.4 Å². The molecule has 0 atom stereocenters. The van der Waals surface area contributed by atoms with Crippen LogP contribution in [0.15, 0.2) is 36.5 Å². The second-order valence-corrected chi connectivity index (χ2v) is 4.34. The van der Waals surface area contributed by atoms with E-state index in [-0.39, 0.29) is 0 Å². The van der Waals surface area contributed by atoms with E-state index in [1.54, 1.807) is 6.20 Å². The molecule has 0 aliphatic rings. The van der Waals surface area contributed by atoms with Gasteiger partial charge in [0.25, 0.3) is 0 Å². The number of imidazole rings is 1. The summed E-state index contributed by atoms with van der Waals surface area (Å²) in [7, 11) is 0. The Morgan fingerprint density at radius 1 is 0.944 bits per heavy atom. The Morgan fingerprint density at radius 2 is 1.67 bits per heavy atom. The van der Waals surface area contributed by atoms with Crippen molar-refractivity contribution in [2.45, 2.75) is 13.8 Å². The quantitative estimate of drug-likeness (QED) is 0.720. The third-order valence-corrected chi connectivity index (χ3v) is 2.97. The van der Waals surface area contributed by atoms with E-state index in [9.17, 15) is 0 Å². The van der Waals surface area contributed by atoms with Gasteiger partial charge < -0.3 is 4.98 Å². The van der Waals surface area contributed by atoms with Crippen molar-refractivity contribution in [2.24, 2.45) is 0 Å². The van der Waals surface area contributed by atoms with Gasteiger partial charge in [0.2, 0.25) is 0 Å². The van der Waals surface area contributed by atoms with Crippen LogP contribution in [0.1, 0.15) is 11.5 Å². The van der Waals surface area contributed by atoms with Gasteiger partial charge >= 0.3 is 0 Å². The largest absolute Gasteiger partial charge is 0.346 e. The maximum atomic E-state index is 4.50. The number of hydrogen-bond donors (Lipinski definition) is 2. The summed E-state index contributed by atoms with van der Waals surface area (Å²) in [6.07, 6.45) is 1.75. The van der Waals surface area contributed by atoms with Crippen molar-refractivity contribution >= 4 is 0 Å². The molecule has 0 radical (unpaired) electrons. The van der Waals surface area contributed by atoms with Crippen molar-refractivity contribution in [3.8, 4) is 22.5 Å². The molecule has 2 N–H and O–H groups in total. The van der Waals surface area contributed by atoms with Crippen LogP contribution in [0.5, 0.6) is 0 Å². The van der Waals surface area contributed by atoms with E-state index in [0.717, 1.165) is 34.0 Å². The van der Waals surface area contributed by atoms with Crippen LogP contribution in [0.4, 0.5) is 0 Å². The first-order valence-corrected chi connectivity index (χ1v) is 5.87. The number of H-pyrrole nitrogens is 2. The number of hydrogen-bond acceptors (Lipinski definition) is 2. The van der Waals surface area contributed by atoms with Gasteiger partial charge in [0.15, 0.2) is 0 Å². The normalized spacial score (nSPS) is 10.8. The van der Waals surface area contributed by atoms with Crippen LogP contribution in [0.3, 0.4) is 0 Å². The second-order valence-electron chi connectivity index (χ2n) is 4.34. The molecule has 0 aliphatic heterocycles. The molecule has 4 nitrogen and oxygen atoms in total. The molecule has 1 aromatic carbocycles. The zero-order valence-electron chi connectivity index (χ0n) is 10.4. The Hall–Kier alpha value is -2.36. The molecule has 4 heteroatoms. The summed E-state index contributed by atoms with van der Waals surface area (Å²) in [5, 5.41) is 6.91. The van der Waals surface area contributed by atoms with Gasteiger partial charge in [0, 0.05) is 17.5 Å². The molecule has 0 fully saturated rings. The highest BCUT2D eigenvalue weighted by atomic mass is 15.1. The third kappa shape index (κ3) is 1.82. The number of aryl methyl sites for hydroxylation is 2. The van der Waals surface area contributed by atoms with E-state index in [4.69, 9.17) is 0 Å². The van der Waals surface area contributed by atoms with E-state index in [0.29, 0.717) is 0 Å². The average molecular weight is 238 g/mol. The maximum absolute atomic E-state index is 4.50. The summed E-state index contributed by atoms with van der Waals surface area (Å²) >= 11 is 0. The monoisotopic (exact) mass is 238 g/mol. The van der Waals surface area contributed by atoms with Crippen LogP contribution in [0.2, 0.25) is 0 Å². The number of rotatable bonds is 2. The molecule has 0 amide bonds. The molecule has 0 aliphatic carbocycles. The van der Waals surface area contributed by atoms with Crippen molar-refractivity contribution in [3.05, 3.63) is 48.0 Å². The molecule has 18 heavy (non-hydrogen) atoms. The molecular formula is C14H14N4. The average Bonchev–Trinajstić information content (AvgIpc) is 2.99. The summed E-state index contributed by atoms with van der Waals surface area (Å²) in [5.74, 6) is 0.945. The molecule has 2 aromatic heterocycles. The van der Waals surface area contributed by atoms with Gasteiger partial charge in [-0.25, -0.2) is 4.98 Å². The fourth-order valence-corrected chi connectivity index (χ4v) is 2.12. The van der Waals surface area contributed by atoms with Crippen molar-refractivity contribution < 1.29 is 0 Å². The Morgan fingerprint density at radius 3 is 2.22 bits per heavy atom. The lowest BCUT2D eigenvalue weighted by atomic mass is 10.1. The highest BCUT2D eigenvalue weighted by Crippen LogP contribution is 2.24. The fraction of sp³-hybridized carbons (Fsp3) is 0.143. The van der Waals surface area contributed by atoms with Crippen LogP contribution < -0.4 is 0 Å². The summed E-state index contributed by atoms with van der Waals surface area (Å²) in [4.78, 5) is 7.72. The van der Waals surface area contributed by atoms with Crippen molar-refractivity contribution in [3.63, 3.8) is 0 Å². The zero-order valence-corrected chi connectivity index (χ0v) is 10.4. The molecule has 0 saturated heterocycles. The number of nitrogens with one attached hydrogen (secondary N) is 2. The first-order valence-electron chi connectivity index (χ1n) is 5.87. The molecule has 90 valence electrons. The molecule has 0 unspecified atom stereocenters. The van der Waals surface area contributed by atoms with E-state index in [1.165, 1.54) is 0 Å². The van der Waals surface area contributed by atoms with Crippen LogP contribution in [-0.2, 0) is 0 Å². The van der Waals surface area contributed by atoms with Gasteiger partial charge in [-0.3, -0.25) is 5.10 Å². The van der Waals surface area contributed by atoms with Crippen molar-refractivity contribution in [2.75, 3.05) is 0 Å². The minimum Gasteiger partial charge on any atom is -0.346 e. The van der Waals surface area contributed by atoms with Gasteiger partial charge in [-0.1, -0.05) is 24.3 Å². The van der Waals surface area contributed by atoms with Gasteiger partial charge in [-0.05, 0) is 25.5 Å². The Labute approximate surface area is 105 Å². The third-order valence-electron chi connectivity index (χ3n) is 2.97. The topological polar surface area (TPSA) is 57.4 Å². The Kier molecular flexibility index (Phi) is 2.48. The highest BCUT2D eigenvalue weighted by Gasteiger charge is 2.07. The lowest BCUT2D eigenvalue weighted by Gasteiger charge is -2.01. The Balaban J connectivity index is 1.99. The molecule has 3 rings (SSSR count). The minimum atomic E-state index is 0.945. The molecule has 2 heterocycles. The van der Waals surface area contributed by atoms with Gasteiger partial charge in [0.1, 0.15) is 5.82 Å². The van der Waals surface area contributed by atoms with E-state index in [2.05, 4.69) is 44.4 Å². The second kappa shape index (κ2) is 4.14. The van der Waals surface area contributed by atoms with Crippen molar-refractivity contribution in [1.82, 2.24) is 20.2 Å². The van der Waals surface area contributed by atoms with Crippen molar-refractivity contribution in [1.29, 1.82) is 0 Å². The van der Waals surface area contributed by atoms with Crippen LogP contribution >= 0.6 is 0 Å². The fourth-order valence-electron chi connectivity index (χ4n) is 2.12. The summed E-state index contributed by atoms with van der Waals surface area (Å²) in [6.45, 7) is 4.01. The lowest BCUT2D eigenvalue weighted by Crippen LogP contribution is -1.83. The maximum Gasteiger partial charge on any atom is 0.103 e. The van der Waals surface area contributed by atoms with Crippen LogP contribution in [0, 0.1) is 13.8 Å². The molecule has 0 saturated carbocycles. The minimum absolute atomic E-state index is 0.945. The molecular weight excluding hydrogens is 224 g/mol. The molecule has 3 aromatic rings. The number of aromatic amines is 2. The number of nitrogens with zero attached hydrogens (tertiary/aromatic N) is 2. The molecule has 0 bridgehead atoms. The first-order chi connectivity index (χ1) is 8.74. The van der Waals surface area contributed by atoms with E-state index in [1.807, 2.05) is 19.9 Å². The Bertz CT molecular complexity index is 648. The summed E-state index contributed by atoms with van der Waals surface area (Å²) in [5.41, 5.74) is 5.39. The first kappa shape index (κ1) is 10.8. The van der Waals surface area contributed by atoms with Gasteiger partial charge in [-0.15, -0.1) is 0 Å². The predicted octanol–water partition coefficient (Wildman–Crippen LogP) is 3.08. The smallest absolute Gasteiger partial charge is 0.103 e. The number of benzene rings is 1. The standard InChI is InChI=1S/C14H14N4/c1-9-14(17-10(2)16-9)12-5-3-11(4-6-12)13-7-8-15-18-13/h3-8H,1-2H3,(H,15,18)(H,16,17). The zero-order chi connectivity index (χ0) is 12.5. The van der Waals surface area contributed by atoms with Crippen LogP contribution in [0.25, 0.3) is 22.5 Å². The lowest BCUT2D eigenvalue weighted by molar-refractivity contribution is 1.10. The summed E-state index contributed by atoms with van der Waals surface area (Å²) < 4.78 is 0. The van der Waals surface area contributed by atoms with E-state index >= 15 is 0 Å². The van der Waals surface area contributed by atoms with E-state index < -0.39 is 0 Å². The van der Waals surface area contributed by atoms with Gasteiger partial charge in [-0.2, -0.15) is 5.10 Å². The SMILES string of the molecule is Cc1nc(-c2ccc(-c3ccn[nH]3)cc2)c(C)[nH]1. The predicted molar refractivity (Wildman–Crippen MR) is 71.1 cm³/mol. The summed E-state index contributed by atoms with van der Waals surface area (Å²) in [6, 6.07) is 10.3. The highest BCUT2D eigenvalue weighted by molar-refractivity contribution is 5.67. The van der Waals surface area contributed by atoms with Crippen LogP contribution in [-0.4, -0.2) is 20.2 Å². The molecule has 0 spiro atoms.